The average Bonchev–Trinajstić information content (AvgIpc) is 3.26. The highest BCUT2D eigenvalue weighted by Crippen LogP contribution is 2.29. The van der Waals surface area contributed by atoms with Gasteiger partial charge in [-0.15, -0.1) is 11.3 Å². The Labute approximate surface area is 185 Å². The van der Waals surface area contributed by atoms with E-state index in [2.05, 4.69) is 15.3 Å². The van der Waals surface area contributed by atoms with Crippen LogP contribution in [0.3, 0.4) is 0 Å². The lowest BCUT2D eigenvalue weighted by Gasteiger charge is -2.08. The van der Waals surface area contributed by atoms with E-state index < -0.39 is 17.5 Å². The second kappa shape index (κ2) is 9.61. The van der Waals surface area contributed by atoms with Crippen LogP contribution in [-0.2, 0) is 13.2 Å². The molecule has 0 radical (unpaired) electrons. The van der Waals surface area contributed by atoms with Crippen molar-refractivity contribution in [2.24, 2.45) is 0 Å². The van der Waals surface area contributed by atoms with Crippen molar-refractivity contribution in [2.45, 2.75) is 13.2 Å². The van der Waals surface area contributed by atoms with Crippen molar-refractivity contribution in [3.8, 4) is 16.3 Å². The van der Waals surface area contributed by atoms with Crippen molar-refractivity contribution in [2.75, 3.05) is 0 Å². The molecule has 4 aromatic rings. The SMILES string of the molecule is O=C(NCc1ccncc1)c1csc(-c2ccc(OCc3cc(F)cc(F)c3)cc2F)n1. The third-order valence-electron chi connectivity index (χ3n) is 4.44. The van der Waals surface area contributed by atoms with E-state index in [1.54, 1.807) is 29.9 Å². The molecule has 2 heterocycles. The lowest BCUT2D eigenvalue weighted by molar-refractivity contribution is 0.0946. The fourth-order valence-corrected chi connectivity index (χ4v) is 3.72. The molecule has 162 valence electrons. The number of carbonyl (C=O) groups excluding carboxylic acids is 1. The molecular formula is C23H16F3N3O2S. The fourth-order valence-electron chi connectivity index (χ4n) is 2.90. The van der Waals surface area contributed by atoms with Crippen LogP contribution in [-0.4, -0.2) is 15.9 Å². The van der Waals surface area contributed by atoms with E-state index in [0.29, 0.717) is 11.6 Å². The van der Waals surface area contributed by atoms with Gasteiger partial charge < -0.3 is 10.1 Å². The van der Waals surface area contributed by atoms with Gasteiger partial charge in [-0.05, 0) is 47.5 Å². The van der Waals surface area contributed by atoms with Crippen molar-refractivity contribution in [1.29, 1.82) is 0 Å². The summed E-state index contributed by atoms with van der Waals surface area (Å²) < 4.78 is 46.6. The van der Waals surface area contributed by atoms with E-state index in [-0.39, 0.29) is 35.1 Å². The molecule has 0 saturated carbocycles. The number of rotatable bonds is 7. The number of ether oxygens (including phenoxy) is 1. The summed E-state index contributed by atoms with van der Waals surface area (Å²) in [5, 5.41) is 4.65. The Balaban J connectivity index is 1.40. The van der Waals surface area contributed by atoms with E-state index in [1.807, 2.05) is 0 Å². The standard InChI is InChI=1S/C23H16F3N3O2S/c24-16-7-15(8-17(25)9-16)12-31-18-1-2-19(20(26)10-18)23-29-21(13-32-23)22(30)28-11-14-3-5-27-6-4-14/h1-10,13H,11-12H2,(H,28,30). The first-order chi connectivity index (χ1) is 15.5. The molecule has 0 unspecified atom stereocenters. The zero-order chi connectivity index (χ0) is 22.5. The monoisotopic (exact) mass is 455 g/mol. The second-order valence-electron chi connectivity index (χ2n) is 6.78. The van der Waals surface area contributed by atoms with Gasteiger partial charge in [0, 0.05) is 42.0 Å². The maximum atomic E-state index is 14.6. The number of amides is 1. The number of thiazole rings is 1. The van der Waals surface area contributed by atoms with E-state index in [9.17, 15) is 18.0 Å². The summed E-state index contributed by atoms with van der Waals surface area (Å²) in [6, 6.07) is 10.8. The molecule has 0 aliphatic heterocycles. The van der Waals surface area contributed by atoms with Crippen molar-refractivity contribution in [1.82, 2.24) is 15.3 Å². The largest absolute Gasteiger partial charge is 0.489 e. The Bertz CT molecular complexity index is 1230. The van der Waals surface area contributed by atoms with Crippen LogP contribution in [0.2, 0.25) is 0 Å². The fraction of sp³-hybridized carbons (Fsp3) is 0.0870. The Morgan fingerprint density at radius 1 is 0.969 bits per heavy atom. The maximum absolute atomic E-state index is 14.6. The van der Waals surface area contributed by atoms with Crippen LogP contribution in [0.25, 0.3) is 10.6 Å². The lowest BCUT2D eigenvalue weighted by Crippen LogP contribution is -2.23. The van der Waals surface area contributed by atoms with Crippen molar-refractivity contribution in [3.05, 3.63) is 101 Å². The third kappa shape index (κ3) is 5.30. The van der Waals surface area contributed by atoms with E-state index in [0.717, 1.165) is 41.2 Å². The van der Waals surface area contributed by atoms with Crippen LogP contribution in [0.4, 0.5) is 13.2 Å². The molecule has 0 atom stereocenters. The number of carbonyl (C=O) groups is 1. The molecule has 0 saturated heterocycles. The zero-order valence-corrected chi connectivity index (χ0v) is 17.3. The number of benzene rings is 2. The molecule has 1 amide bonds. The second-order valence-corrected chi connectivity index (χ2v) is 7.64. The Kier molecular flexibility index (Phi) is 6.46. The first kappa shape index (κ1) is 21.5. The molecule has 0 aliphatic carbocycles. The van der Waals surface area contributed by atoms with Crippen LogP contribution < -0.4 is 10.1 Å². The summed E-state index contributed by atoms with van der Waals surface area (Å²) in [5.41, 5.74) is 1.58. The Morgan fingerprint density at radius 2 is 1.72 bits per heavy atom. The van der Waals surface area contributed by atoms with Crippen LogP contribution in [0.1, 0.15) is 21.6 Å². The quantitative estimate of drug-likeness (QED) is 0.420. The van der Waals surface area contributed by atoms with Crippen molar-refractivity contribution >= 4 is 17.2 Å². The number of nitrogens with zero attached hydrogens (tertiary/aromatic N) is 2. The summed E-state index contributed by atoms with van der Waals surface area (Å²) in [5.74, 6) is -2.19. The van der Waals surface area contributed by atoms with Gasteiger partial charge in [-0.3, -0.25) is 9.78 Å². The third-order valence-corrected chi connectivity index (χ3v) is 5.31. The number of pyridine rings is 1. The topological polar surface area (TPSA) is 64.1 Å². The van der Waals surface area contributed by atoms with Gasteiger partial charge in [0.25, 0.3) is 5.91 Å². The number of hydrogen-bond donors (Lipinski definition) is 1. The van der Waals surface area contributed by atoms with Crippen LogP contribution in [0, 0.1) is 17.5 Å². The summed E-state index contributed by atoms with van der Waals surface area (Å²) in [4.78, 5) is 20.5. The van der Waals surface area contributed by atoms with Gasteiger partial charge in [0.15, 0.2) is 0 Å². The van der Waals surface area contributed by atoms with Gasteiger partial charge in [0.05, 0.1) is 0 Å². The first-order valence-corrected chi connectivity index (χ1v) is 10.4. The highest BCUT2D eigenvalue weighted by Gasteiger charge is 2.15. The minimum atomic E-state index is -0.713. The summed E-state index contributed by atoms with van der Waals surface area (Å²) in [6.45, 7) is 0.205. The molecule has 0 spiro atoms. The highest BCUT2D eigenvalue weighted by molar-refractivity contribution is 7.13. The van der Waals surface area contributed by atoms with Gasteiger partial charge in [-0.2, -0.15) is 0 Å². The predicted molar refractivity (Wildman–Crippen MR) is 114 cm³/mol. The normalized spacial score (nSPS) is 10.7. The Morgan fingerprint density at radius 3 is 2.44 bits per heavy atom. The molecule has 0 fully saturated rings. The number of aromatic nitrogens is 2. The lowest BCUT2D eigenvalue weighted by atomic mass is 10.2. The van der Waals surface area contributed by atoms with E-state index in [4.69, 9.17) is 4.74 Å². The smallest absolute Gasteiger partial charge is 0.271 e. The maximum Gasteiger partial charge on any atom is 0.271 e. The first-order valence-electron chi connectivity index (χ1n) is 9.48. The molecule has 32 heavy (non-hydrogen) atoms. The molecule has 5 nitrogen and oxygen atoms in total. The molecule has 1 N–H and O–H groups in total. The van der Waals surface area contributed by atoms with E-state index in [1.165, 1.54) is 12.1 Å². The molecule has 0 aliphatic rings. The molecule has 4 rings (SSSR count). The van der Waals surface area contributed by atoms with Crippen molar-refractivity contribution in [3.63, 3.8) is 0 Å². The molecular weight excluding hydrogens is 439 g/mol. The molecule has 0 bridgehead atoms. The molecule has 2 aromatic heterocycles. The minimum absolute atomic E-state index is 0.119. The van der Waals surface area contributed by atoms with Gasteiger partial charge in [0.1, 0.15) is 40.5 Å². The summed E-state index contributed by atoms with van der Waals surface area (Å²) in [7, 11) is 0. The van der Waals surface area contributed by atoms with Crippen LogP contribution in [0.5, 0.6) is 5.75 Å². The Hall–Kier alpha value is -3.72. The van der Waals surface area contributed by atoms with Crippen LogP contribution in [0.15, 0.2) is 66.3 Å². The van der Waals surface area contributed by atoms with Gasteiger partial charge >= 0.3 is 0 Å². The van der Waals surface area contributed by atoms with E-state index >= 15 is 0 Å². The molecule has 2 aromatic carbocycles. The van der Waals surface area contributed by atoms with Gasteiger partial charge in [-0.25, -0.2) is 18.2 Å². The van der Waals surface area contributed by atoms with Gasteiger partial charge in [-0.1, -0.05) is 0 Å². The highest BCUT2D eigenvalue weighted by atomic mass is 32.1. The average molecular weight is 455 g/mol. The molecule has 9 heteroatoms. The number of hydrogen-bond acceptors (Lipinski definition) is 5. The summed E-state index contributed by atoms with van der Waals surface area (Å²) in [6.07, 6.45) is 3.27. The predicted octanol–water partition coefficient (Wildman–Crippen LogP) is 5.13. The summed E-state index contributed by atoms with van der Waals surface area (Å²) >= 11 is 1.14. The minimum Gasteiger partial charge on any atom is -0.489 e. The zero-order valence-electron chi connectivity index (χ0n) is 16.5. The van der Waals surface area contributed by atoms with Gasteiger partial charge in [0.2, 0.25) is 0 Å². The van der Waals surface area contributed by atoms with Crippen molar-refractivity contribution < 1.29 is 22.7 Å². The number of halogens is 3. The van der Waals surface area contributed by atoms with Crippen LogP contribution >= 0.6 is 11.3 Å². The number of nitrogens with one attached hydrogen (secondary N) is 1.